The van der Waals surface area contributed by atoms with Gasteiger partial charge in [-0.2, -0.15) is 5.10 Å². The molecule has 7 heteroatoms. The van der Waals surface area contributed by atoms with Crippen LogP contribution in [0.1, 0.15) is 37.2 Å². The van der Waals surface area contributed by atoms with E-state index < -0.39 is 11.5 Å². The predicted octanol–water partition coefficient (Wildman–Crippen LogP) is 0.246. The molecule has 1 aromatic rings. The highest BCUT2D eigenvalue weighted by atomic mass is 16.4. The number of aromatic carboxylic acids is 1. The van der Waals surface area contributed by atoms with Crippen LogP contribution in [-0.4, -0.2) is 32.8 Å². The minimum absolute atomic E-state index is 0.0471. The highest BCUT2D eigenvalue weighted by Gasteiger charge is 2.12. The molecule has 104 valence electrons. The molecule has 0 saturated carbocycles. The summed E-state index contributed by atoms with van der Waals surface area (Å²) in [5.74, 6) is -1.60. The van der Waals surface area contributed by atoms with E-state index in [-0.39, 0.29) is 24.2 Å². The van der Waals surface area contributed by atoms with Gasteiger partial charge in [0.05, 0.1) is 0 Å². The maximum absolute atomic E-state index is 11.7. The summed E-state index contributed by atoms with van der Waals surface area (Å²) in [5, 5.41) is 15.1. The molecule has 7 nitrogen and oxygen atoms in total. The van der Waals surface area contributed by atoms with E-state index in [1.54, 1.807) is 0 Å². The molecule has 0 radical (unpaired) electrons. The molecular weight excluding hydrogens is 250 g/mol. The summed E-state index contributed by atoms with van der Waals surface area (Å²) >= 11 is 0. The molecule has 19 heavy (non-hydrogen) atoms. The van der Waals surface area contributed by atoms with Crippen LogP contribution in [0, 0.1) is 0 Å². The Morgan fingerprint density at radius 1 is 1.37 bits per heavy atom. The molecule has 1 aromatic heterocycles. The second kappa shape index (κ2) is 6.67. The van der Waals surface area contributed by atoms with Crippen molar-refractivity contribution in [2.24, 2.45) is 0 Å². The summed E-state index contributed by atoms with van der Waals surface area (Å²) in [4.78, 5) is 33.9. The van der Waals surface area contributed by atoms with Crippen LogP contribution in [0.25, 0.3) is 0 Å². The van der Waals surface area contributed by atoms with Crippen LogP contribution in [0.3, 0.4) is 0 Å². The van der Waals surface area contributed by atoms with Gasteiger partial charge in [-0.3, -0.25) is 9.59 Å². The molecule has 1 rings (SSSR count). The average molecular weight is 267 g/mol. The maximum atomic E-state index is 11.7. The lowest BCUT2D eigenvalue weighted by Gasteiger charge is -2.14. The Bertz CT molecular complexity index is 520. The normalized spacial score (nSPS) is 10.5. The number of nitrogens with one attached hydrogen (secondary N) is 1. The van der Waals surface area contributed by atoms with Crippen molar-refractivity contribution in [2.45, 2.75) is 39.3 Å². The molecule has 0 bridgehead atoms. The fourth-order valence-corrected chi connectivity index (χ4v) is 1.58. The molecule has 0 unspecified atom stereocenters. The van der Waals surface area contributed by atoms with Crippen LogP contribution < -0.4 is 10.9 Å². The summed E-state index contributed by atoms with van der Waals surface area (Å²) in [7, 11) is 0. The average Bonchev–Trinajstić information content (AvgIpc) is 2.38. The predicted molar refractivity (Wildman–Crippen MR) is 68.0 cm³/mol. The van der Waals surface area contributed by atoms with Gasteiger partial charge in [0.2, 0.25) is 5.91 Å². The molecule has 2 N–H and O–H groups in total. The SMILES string of the molecule is CCC(CC)NC(=O)Cn1nc(C(=O)O)ccc1=O. The molecule has 0 saturated heterocycles. The number of carbonyl (C=O) groups is 2. The summed E-state index contributed by atoms with van der Waals surface area (Å²) in [6.45, 7) is 3.62. The molecule has 0 fully saturated rings. The first-order valence-electron chi connectivity index (χ1n) is 6.08. The van der Waals surface area contributed by atoms with Gasteiger partial charge in [-0.15, -0.1) is 0 Å². The Hall–Kier alpha value is -2.18. The topological polar surface area (TPSA) is 101 Å². The second-order valence-corrected chi connectivity index (χ2v) is 4.10. The molecule has 0 atom stereocenters. The highest BCUT2D eigenvalue weighted by Crippen LogP contribution is 1.96. The molecule has 1 heterocycles. The molecular formula is C12H17N3O4. The van der Waals surface area contributed by atoms with Crippen molar-refractivity contribution in [1.29, 1.82) is 0 Å². The van der Waals surface area contributed by atoms with Crippen LogP contribution >= 0.6 is 0 Å². The third-order valence-electron chi connectivity index (χ3n) is 2.73. The Balaban J connectivity index is 2.81. The smallest absolute Gasteiger partial charge is 0.356 e. The number of aromatic nitrogens is 2. The van der Waals surface area contributed by atoms with Gasteiger partial charge in [0.25, 0.3) is 5.56 Å². The zero-order valence-corrected chi connectivity index (χ0v) is 10.9. The van der Waals surface area contributed by atoms with Gasteiger partial charge in [0.1, 0.15) is 6.54 Å². The molecule has 0 aliphatic carbocycles. The van der Waals surface area contributed by atoms with Gasteiger partial charge in [0, 0.05) is 12.1 Å². The number of amides is 1. The number of carboxylic acid groups (broad SMARTS) is 1. The third-order valence-corrected chi connectivity index (χ3v) is 2.73. The highest BCUT2D eigenvalue weighted by molar-refractivity contribution is 5.85. The van der Waals surface area contributed by atoms with Gasteiger partial charge in [-0.05, 0) is 18.9 Å². The number of rotatable bonds is 6. The Morgan fingerprint density at radius 2 is 2.00 bits per heavy atom. The van der Waals surface area contributed by atoms with Gasteiger partial charge < -0.3 is 10.4 Å². The monoisotopic (exact) mass is 267 g/mol. The van der Waals surface area contributed by atoms with Crippen molar-refractivity contribution in [3.63, 3.8) is 0 Å². The molecule has 0 spiro atoms. The number of nitrogens with zero attached hydrogens (tertiary/aromatic N) is 2. The Kier molecular flexibility index (Phi) is 5.23. The number of hydrogen-bond acceptors (Lipinski definition) is 4. The Morgan fingerprint density at radius 3 is 2.53 bits per heavy atom. The lowest BCUT2D eigenvalue weighted by molar-refractivity contribution is -0.122. The van der Waals surface area contributed by atoms with E-state index in [4.69, 9.17) is 5.11 Å². The zero-order chi connectivity index (χ0) is 14.4. The van der Waals surface area contributed by atoms with E-state index in [9.17, 15) is 14.4 Å². The number of hydrogen-bond donors (Lipinski definition) is 2. The number of carbonyl (C=O) groups excluding carboxylic acids is 1. The number of carboxylic acids is 1. The van der Waals surface area contributed by atoms with Crippen LogP contribution in [-0.2, 0) is 11.3 Å². The van der Waals surface area contributed by atoms with Crippen molar-refractivity contribution < 1.29 is 14.7 Å². The Labute approximate surface area is 110 Å². The van der Waals surface area contributed by atoms with Crippen molar-refractivity contribution in [2.75, 3.05) is 0 Å². The molecule has 0 aliphatic heterocycles. The summed E-state index contributed by atoms with van der Waals surface area (Å²) in [6, 6.07) is 2.24. The minimum Gasteiger partial charge on any atom is -0.476 e. The minimum atomic E-state index is -1.24. The lowest BCUT2D eigenvalue weighted by atomic mass is 10.2. The first-order valence-corrected chi connectivity index (χ1v) is 6.08. The van der Waals surface area contributed by atoms with Gasteiger partial charge in [-0.25, -0.2) is 9.48 Å². The van der Waals surface area contributed by atoms with Crippen LogP contribution in [0.2, 0.25) is 0 Å². The van der Waals surface area contributed by atoms with E-state index >= 15 is 0 Å². The largest absolute Gasteiger partial charge is 0.476 e. The van der Waals surface area contributed by atoms with Crippen molar-refractivity contribution in [3.05, 3.63) is 28.2 Å². The third kappa shape index (κ3) is 4.20. The summed E-state index contributed by atoms with van der Waals surface area (Å²) in [5.41, 5.74) is -0.778. The standard InChI is InChI=1S/C12H17N3O4/c1-3-8(4-2)13-10(16)7-15-11(17)6-5-9(14-15)12(18)19/h5-6,8H,3-4,7H2,1-2H3,(H,13,16)(H,18,19). The van der Waals surface area contributed by atoms with Gasteiger partial charge in [0.15, 0.2) is 5.69 Å². The van der Waals surface area contributed by atoms with Crippen molar-refractivity contribution >= 4 is 11.9 Å². The first-order chi connectivity index (χ1) is 8.97. The maximum Gasteiger partial charge on any atom is 0.356 e. The van der Waals surface area contributed by atoms with Crippen LogP contribution in [0.15, 0.2) is 16.9 Å². The summed E-state index contributed by atoms with van der Waals surface area (Å²) in [6.07, 6.45) is 1.58. The van der Waals surface area contributed by atoms with E-state index in [2.05, 4.69) is 10.4 Å². The second-order valence-electron chi connectivity index (χ2n) is 4.10. The van der Waals surface area contributed by atoms with Crippen LogP contribution in [0.4, 0.5) is 0 Å². The van der Waals surface area contributed by atoms with E-state index in [0.29, 0.717) is 0 Å². The fraction of sp³-hybridized carbons (Fsp3) is 0.500. The van der Waals surface area contributed by atoms with Crippen molar-refractivity contribution in [1.82, 2.24) is 15.1 Å². The molecule has 1 amide bonds. The molecule has 0 aliphatic rings. The quantitative estimate of drug-likeness (QED) is 0.769. The van der Waals surface area contributed by atoms with E-state index in [1.165, 1.54) is 0 Å². The van der Waals surface area contributed by atoms with E-state index in [1.807, 2.05) is 13.8 Å². The van der Waals surface area contributed by atoms with Gasteiger partial charge >= 0.3 is 5.97 Å². The molecule has 0 aromatic carbocycles. The lowest BCUT2D eigenvalue weighted by Crippen LogP contribution is -2.39. The summed E-state index contributed by atoms with van der Waals surface area (Å²) < 4.78 is 0.848. The fourth-order valence-electron chi connectivity index (χ4n) is 1.58. The van der Waals surface area contributed by atoms with E-state index in [0.717, 1.165) is 29.7 Å². The van der Waals surface area contributed by atoms with Gasteiger partial charge in [-0.1, -0.05) is 13.8 Å². The van der Waals surface area contributed by atoms with Crippen LogP contribution in [0.5, 0.6) is 0 Å². The zero-order valence-electron chi connectivity index (χ0n) is 10.9. The first kappa shape index (κ1) is 14.9. The van der Waals surface area contributed by atoms with Crippen molar-refractivity contribution in [3.8, 4) is 0 Å².